The Morgan fingerprint density at radius 3 is 2.82 bits per heavy atom. The molecule has 0 bridgehead atoms. The fraction of sp³-hybridized carbons (Fsp3) is 0.0833. The fourth-order valence-electron chi connectivity index (χ4n) is 1.90. The van der Waals surface area contributed by atoms with E-state index >= 15 is 0 Å². The number of rotatable bonds is 1. The third-order valence-electron chi connectivity index (χ3n) is 2.63. The van der Waals surface area contributed by atoms with Gasteiger partial charge in [0.25, 0.3) is 11.9 Å². The second-order valence-electron chi connectivity index (χ2n) is 3.71. The summed E-state index contributed by atoms with van der Waals surface area (Å²) in [6, 6.07) is 9.25. The summed E-state index contributed by atoms with van der Waals surface area (Å²) in [6.45, 7) is 0. The molecule has 1 aliphatic rings. The predicted octanol–water partition coefficient (Wildman–Crippen LogP) is 1.15. The van der Waals surface area contributed by atoms with Crippen molar-refractivity contribution in [3.63, 3.8) is 0 Å². The molecule has 1 aromatic carbocycles. The largest absolute Gasteiger partial charge is 0.447 e. The monoisotopic (exact) mass is 227 g/mol. The van der Waals surface area contributed by atoms with E-state index in [9.17, 15) is 4.79 Å². The molecule has 2 aromatic rings. The van der Waals surface area contributed by atoms with E-state index in [0.717, 1.165) is 10.9 Å². The molecule has 2 N–H and O–H groups in total. The van der Waals surface area contributed by atoms with Crippen LogP contribution in [0.15, 0.2) is 41.5 Å². The summed E-state index contributed by atoms with van der Waals surface area (Å²) in [5, 5.41) is 0.951. The van der Waals surface area contributed by atoms with Gasteiger partial charge in [0, 0.05) is 17.1 Å². The van der Waals surface area contributed by atoms with Crippen LogP contribution in [0.3, 0.4) is 0 Å². The van der Waals surface area contributed by atoms with Gasteiger partial charge in [0.2, 0.25) is 6.10 Å². The summed E-state index contributed by atoms with van der Waals surface area (Å²) in [5.74, 6) is -0.388. The molecule has 0 saturated carbocycles. The number of benzene rings is 1. The molecule has 5 nitrogen and oxygen atoms in total. The second-order valence-corrected chi connectivity index (χ2v) is 3.71. The van der Waals surface area contributed by atoms with Gasteiger partial charge in [0.1, 0.15) is 0 Å². The van der Waals surface area contributed by atoms with Crippen LogP contribution >= 0.6 is 0 Å². The van der Waals surface area contributed by atoms with Crippen molar-refractivity contribution in [2.45, 2.75) is 6.10 Å². The first-order chi connectivity index (χ1) is 8.25. The Bertz CT molecular complexity index is 631. The molecule has 3 rings (SSSR count). The smallest absolute Gasteiger partial charge is 0.296 e. The van der Waals surface area contributed by atoms with Gasteiger partial charge < -0.3 is 10.5 Å². The maximum absolute atomic E-state index is 11.6. The Balaban J connectivity index is 2.16. The van der Waals surface area contributed by atoms with Gasteiger partial charge in [-0.1, -0.05) is 24.3 Å². The van der Waals surface area contributed by atoms with Crippen LogP contribution in [0.1, 0.15) is 11.7 Å². The number of hydrogen-bond acceptors (Lipinski definition) is 4. The van der Waals surface area contributed by atoms with Gasteiger partial charge >= 0.3 is 0 Å². The van der Waals surface area contributed by atoms with Gasteiger partial charge in [-0.05, 0) is 6.07 Å². The van der Waals surface area contributed by atoms with Gasteiger partial charge in [0.15, 0.2) is 0 Å². The van der Waals surface area contributed by atoms with Crippen LogP contribution in [0.25, 0.3) is 10.9 Å². The minimum Gasteiger partial charge on any atom is -0.447 e. The Hall–Kier alpha value is -2.43. The zero-order chi connectivity index (χ0) is 11.8. The molecule has 1 amide bonds. The molecule has 0 saturated heterocycles. The maximum atomic E-state index is 11.6. The quantitative estimate of drug-likeness (QED) is 0.792. The van der Waals surface area contributed by atoms with Gasteiger partial charge in [-0.3, -0.25) is 9.78 Å². The molecule has 0 aliphatic carbocycles. The first kappa shape index (κ1) is 9.77. The van der Waals surface area contributed by atoms with E-state index in [2.05, 4.69) is 9.98 Å². The Morgan fingerprint density at radius 2 is 2.06 bits per heavy atom. The highest BCUT2D eigenvalue weighted by atomic mass is 16.5. The van der Waals surface area contributed by atoms with Crippen LogP contribution in [0, 0.1) is 0 Å². The lowest BCUT2D eigenvalue weighted by atomic mass is 10.0. The van der Waals surface area contributed by atoms with Crippen molar-refractivity contribution >= 4 is 22.8 Å². The summed E-state index contributed by atoms with van der Waals surface area (Å²) >= 11 is 0. The predicted molar refractivity (Wildman–Crippen MR) is 62.2 cm³/mol. The number of para-hydroxylation sites is 1. The molecule has 0 fully saturated rings. The second kappa shape index (κ2) is 3.55. The molecule has 2 heterocycles. The maximum Gasteiger partial charge on any atom is 0.296 e. The standard InChI is InChI=1S/C12H9N3O2/c13-12-15-11(16)10(17-12)8-5-1-3-7-4-2-6-14-9(7)8/h1-6,10H,(H2,13,15,16). The van der Waals surface area contributed by atoms with E-state index in [4.69, 9.17) is 10.5 Å². The number of carbonyl (C=O) groups is 1. The molecular weight excluding hydrogens is 218 g/mol. The average molecular weight is 227 g/mol. The van der Waals surface area contributed by atoms with Crippen molar-refractivity contribution in [1.82, 2.24) is 4.98 Å². The lowest BCUT2D eigenvalue weighted by Gasteiger charge is -2.10. The van der Waals surface area contributed by atoms with Crippen molar-refractivity contribution in [1.29, 1.82) is 0 Å². The number of aliphatic imine (C=N–C) groups is 1. The summed E-state index contributed by atoms with van der Waals surface area (Å²) in [4.78, 5) is 19.4. The molecule has 0 radical (unpaired) electrons. The Labute approximate surface area is 96.9 Å². The highest BCUT2D eigenvalue weighted by Crippen LogP contribution is 2.28. The van der Waals surface area contributed by atoms with Crippen LogP contribution in [-0.4, -0.2) is 16.9 Å². The number of hydrogen-bond donors (Lipinski definition) is 1. The summed E-state index contributed by atoms with van der Waals surface area (Å²) < 4.78 is 5.21. The first-order valence-corrected chi connectivity index (χ1v) is 5.14. The van der Waals surface area contributed by atoms with Crippen LogP contribution in [-0.2, 0) is 9.53 Å². The van der Waals surface area contributed by atoms with Crippen LogP contribution in [0.2, 0.25) is 0 Å². The fourth-order valence-corrected chi connectivity index (χ4v) is 1.90. The number of aromatic nitrogens is 1. The number of pyridine rings is 1. The topological polar surface area (TPSA) is 77.6 Å². The number of amides is 1. The molecule has 5 heteroatoms. The highest BCUT2D eigenvalue weighted by molar-refractivity contribution is 6.00. The van der Waals surface area contributed by atoms with E-state index in [1.165, 1.54) is 0 Å². The van der Waals surface area contributed by atoms with Crippen molar-refractivity contribution in [2.75, 3.05) is 0 Å². The number of nitrogens with zero attached hydrogens (tertiary/aromatic N) is 2. The van der Waals surface area contributed by atoms with E-state index < -0.39 is 6.10 Å². The Kier molecular flexibility index (Phi) is 2.04. The normalized spacial score (nSPS) is 19.2. The van der Waals surface area contributed by atoms with Crippen LogP contribution in [0.5, 0.6) is 0 Å². The minimum atomic E-state index is -0.770. The van der Waals surface area contributed by atoms with Crippen LogP contribution in [0.4, 0.5) is 0 Å². The zero-order valence-corrected chi connectivity index (χ0v) is 8.83. The third-order valence-corrected chi connectivity index (χ3v) is 2.63. The third kappa shape index (κ3) is 1.52. The molecular formula is C12H9N3O2. The molecule has 1 unspecified atom stereocenters. The zero-order valence-electron chi connectivity index (χ0n) is 8.83. The minimum absolute atomic E-state index is 0.0899. The lowest BCUT2D eigenvalue weighted by Crippen LogP contribution is -2.14. The summed E-state index contributed by atoms with van der Waals surface area (Å²) in [5.41, 5.74) is 6.81. The van der Waals surface area contributed by atoms with Gasteiger partial charge in [-0.25, -0.2) is 0 Å². The van der Waals surface area contributed by atoms with E-state index in [-0.39, 0.29) is 11.9 Å². The van der Waals surface area contributed by atoms with Gasteiger partial charge in [-0.2, -0.15) is 4.99 Å². The van der Waals surface area contributed by atoms with Gasteiger partial charge in [0.05, 0.1) is 5.52 Å². The number of ether oxygens (including phenoxy) is 1. The SMILES string of the molecule is NC1=NC(=O)C(c2cccc3cccnc23)O1. The lowest BCUT2D eigenvalue weighted by molar-refractivity contribution is -0.122. The average Bonchev–Trinajstić information content (AvgIpc) is 2.68. The first-order valence-electron chi connectivity index (χ1n) is 5.14. The molecule has 1 atom stereocenters. The number of nitrogens with two attached hydrogens (primary N) is 1. The van der Waals surface area contributed by atoms with Crippen molar-refractivity contribution < 1.29 is 9.53 Å². The van der Waals surface area contributed by atoms with Gasteiger partial charge in [-0.15, -0.1) is 0 Å². The molecule has 1 aromatic heterocycles. The van der Waals surface area contributed by atoms with Crippen molar-refractivity contribution in [2.24, 2.45) is 10.7 Å². The molecule has 0 spiro atoms. The number of amidine groups is 1. The Morgan fingerprint density at radius 1 is 1.24 bits per heavy atom. The molecule has 17 heavy (non-hydrogen) atoms. The highest BCUT2D eigenvalue weighted by Gasteiger charge is 2.30. The van der Waals surface area contributed by atoms with E-state index in [1.54, 1.807) is 12.3 Å². The van der Waals surface area contributed by atoms with E-state index in [0.29, 0.717) is 5.56 Å². The van der Waals surface area contributed by atoms with Crippen molar-refractivity contribution in [3.05, 3.63) is 42.1 Å². The van der Waals surface area contributed by atoms with E-state index in [1.807, 2.05) is 24.3 Å². The van der Waals surface area contributed by atoms with Crippen molar-refractivity contribution in [3.8, 4) is 0 Å². The number of carbonyl (C=O) groups excluding carboxylic acids is 1. The molecule has 84 valence electrons. The number of fused-ring (bicyclic) bond motifs is 1. The summed E-state index contributed by atoms with van der Waals surface area (Å²) in [7, 11) is 0. The molecule has 1 aliphatic heterocycles. The summed E-state index contributed by atoms with van der Waals surface area (Å²) in [6.07, 6.45) is 0.906. The van der Waals surface area contributed by atoms with Crippen LogP contribution < -0.4 is 5.73 Å².